The molecule has 7 rings (SSSR count). The molecule has 0 spiro atoms. The summed E-state index contributed by atoms with van der Waals surface area (Å²) in [4.78, 5) is 24.1. The Morgan fingerprint density at radius 3 is 1.95 bits per heavy atom. The van der Waals surface area contributed by atoms with Gasteiger partial charge in [-0.15, -0.1) is 13.6 Å². The lowest BCUT2D eigenvalue weighted by Crippen LogP contribution is -2.31. The maximum Gasteiger partial charge on any atom is 0.700 e. The van der Waals surface area contributed by atoms with E-state index in [0.29, 0.717) is 0 Å². The van der Waals surface area contributed by atoms with Crippen molar-refractivity contribution in [2.45, 2.75) is 49.4 Å². The summed E-state index contributed by atoms with van der Waals surface area (Å²) in [5, 5.41) is 0. The summed E-state index contributed by atoms with van der Waals surface area (Å²) in [5.41, 5.74) is 12.4. The van der Waals surface area contributed by atoms with E-state index in [2.05, 4.69) is 29.9 Å². The molecular weight excluding hydrogens is 596 g/mol. The van der Waals surface area contributed by atoms with E-state index in [1.54, 1.807) is 0 Å². The molecule has 0 aromatic carbocycles. The van der Waals surface area contributed by atoms with Gasteiger partial charge in [0, 0.05) is 9.13 Å². The molecule has 0 aliphatic carbocycles. The maximum atomic E-state index is 15.6. The van der Waals surface area contributed by atoms with Crippen LogP contribution in [-0.4, -0.2) is 82.6 Å². The van der Waals surface area contributed by atoms with Gasteiger partial charge in [0.05, 0.1) is 12.7 Å². The molecule has 4 N–H and O–H groups in total. The summed E-state index contributed by atoms with van der Waals surface area (Å²) < 4.78 is 92.1. The third-order valence-electron chi connectivity index (χ3n) is 6.66. The fourth-order valence-electron chi connectivity index (χ4n) is 4.77. The zero-order valence-corrected chi connectivity index (χ0v) is 22.1. The van der Waals surface area contributed by atoms with Crippen LogP contribution in [0.1, 0.15) is 12.5 Å². The molecule has 214 valence electrons. The molecule has 22 heteroatoms. The number of ether oxygens (including phenoxy) is 2. The molecule has 4 bridgehead atoms. The van der Waals surface area contributed by atoms with Crippen molar-refractivity contribution >= 4 is 50.5 Å². The molecule has 10 atom stereocenters. The maximum absolute atomic E-state index is 15.6. The molecule has 3 aliphatic rings. The summed E-state index contributed by atoms with van der Waals surface area (Å²) >= 11 is 0. The van der Waals surface area contributed by atoms with Gasteiger partial charge >= 0.3 is 16.5 Å². The number of nitrogens with two attached hydrogens (primary N) is 2. The van der Waals surface area contributed by atoms with Crippen molar-refractivity contribution in [2.75, 3.05) is 18.1 Å². The average Bonchev–Trinajstić information content (AvgIpc) is 3.70. The van der Waals surface area contributed by atoms with E-state index in [-0.39, 0.29) is 34.0 Å². The topological polar surface area (TPSA) is 229 Å². The van der Waals surface area contributed by atoms with Gasteiger partial charge in [0.25, 0.3) is 6.29 Å². The Kier molecular flexibility index (Phi) is 6.51. The number of hydrogen-bond donors (Lipinski definition) is 2. The highest BCUT2D eigenvalue weighted by molar-refractivity contribution is 7.33. The van der Waals surface area contributed by atoms with Gasteiger partial charge in [0.2, 0.25) is 0 Å². The van der Waals surface area contributed by atoms with E-state index in [1.807, 2.05) is 0 Å². The molecule has 7 heterocycles. The van der Waals surface area contributed by atoms with Crippen LogP contribution in [0.5, 0.6) is 0 Å². The third kappa shape index (κ3) is 4.39. The Labute approximate surface area is 228 Å². The van der Waals surface area contributed by atoms with Gasteiger partial charge in [0.1, 0.15) is 36.4 Å². The summed E-state index contributed by atoms with van der Waals surface area (Å²) in [7, 11) is -6.29. The predicted molar refractivity (Wildman–Crippen MR) is 129 cm³/mol. The number of nitrogen functional groups attached to an aromatic ring is 2. The lowest BCUT2D eigenvalue weighted by Gasteiger charge is -2.16. The van der Waals surface area contributed by atoms with Crippen LogP contribution in [0.15, 0.2) is 25.3 Å². The molecule has 10 unspecified atom stereocenters. The van der Waals surface area contributed by atoms with Gasteiger partial charge in [0.15, 0.2) is 59.9 Å². The van der Waals surface area contributed by atoms with Gasteiger partial charge in [-0.1, -0.05) is 4.52 Å². The Morgan fingerprint density at radius 2 is 1.32 bits per heavy atom. The van der Waals surface area contributed by atoms with Crippen molar-refractivity contribution in [3.05, 3.63) is 25.3 Å². The van der Waals surface area contributed by atoms with Crippen LogP contribution in [0.25, 0.3) is 22.3 Å². The summed E-state index contributed by atoms with van der Waals surface area (Å²) in [5.74, 6) is 0.107. The molecule has 0 saturated carbocycles. The molecular formula is C19H18F2N10O8P2+2. The van der Waals surface area contributed by atoms with Crippen molar-refractivity contribution in [2.24, 2.45) is 0 Å². The summed E-state index contributed by atoms with van der Waals surface area (Å²) in [6.45, 7) is -0.607. The van der Waals surface area contributed by atoms with E-state index < -0.39 is 72.5 Å². The second-order valence-electron chi connectivity index (χ2n) is 9.00. The SMILES string of the molecule is Nc1ncnc2c1ncn2C1OC2CO[P+](=O)OC3C(F)C(OC3n3cnc4c(N)ncnc43)O[P+](=O)OC1C2F. The average molecular weight is 614 g/mol. The number of alkyl halides is 2. The van der Waals surface area contributed by atoms with E-state index in [9.17, 15) is 9.13 Å². The number of anilines is 2. The standard InChI is InChI=1S/C19H18F2N10O8P2/c20-7-6-1-34-40(32)37-12-8(21)19(36-18(12)31-5-29-10-14(23)25-3-27-16(10)31)39-41(33)38-11(7)17(35-6)30-4-28-9-13(22)24-2-26-15(9)30/h2-8,11-12,17-19H,1H2,(H2,22,24,26)(H2,23,25,27)/q+2. The quantitative estimate of drug-likeness (QED) is 0.304. The molecule has 3 fully saturated rings. The van der Waals surface area contributed by atoms with E-state index in [0.717, 1.165) is 6.33 Å². The van der Waals surface area contributed by atoms with Crippen LogP contribution in [0, 0.1) is 0 Å². The largest absolute Gasteiger partial charge is 0.700 e. The lowest BCUT2D eigenvalue weighted by atomic mass is 10.1. The van der Waals surface area contributed by atoms with Crippen LogP contribution < -0.4 is 11.5 Å². The Morgan fingerprint density at radius 1 is 0.756 bits per heavy atom. The van der Waals surface area contributed by atoms with E-state index in [4.69, 9.17) is 39.0 Å². The molecule has 4 aromatic heterocycles. The van der Waals surface area contributed by atoms with Crippen molar-refractivity contribution in [1.29, 1.82) is 0 Å². The molecule has 0 radical (unpaired) electrons. The number of imidazole rings is 2. The fourth-order valence-corrected chi connectivity index (χ4v) is 6.32. The minimum absolute atomic E-state index is 0.0486. The number of rotatable bonds is 2. The molecule has 0 amide bonds. The van der Waals surface area contributed by atoms with E-state index in [1.165, 1.54) is 28.1 Å². The van der Waals surface area contributed by atoms with Crippen molar-refractivity contribution in [1.82, 2.24) is 39.0 Å². The first-order valence-electron chi connectivity index (χ1n) is 11.8. The molecule has 4 aromatic rings. The minimum Gasteiger partial charge on any atom is -0.382 e. The molecule has 3 saturated heterocycles. The Balaban J connectivity index is 1.21. The summed E-state index contributed by atoms with van der Waals surface area (Å²) in [6.07, 6.45) is -8.48. The fraction of sp³-hybridized carbons (Fsp3) is 0.474. The van der Waals surface area contributed by atoms with Crippen LogP contribution >= 0.6 is 16.5 Å². The molecule has 18 nitrogen and oxygen atoms in total. The monoisotopic (exact) mass is 614 g/mol. The molecule has 3 aliphatic heterocycles. The first-order valence-corrected chi connectivity index (χ1v) is 14.0. The number of fused-ring (bicyclic) bond motifs is 6. The first-order chi connectivity index (χ1) is 19.8. The van der Waals surface area contributed by atoms with Gasteiger partial charge in [-0.05, 0) is 0 Å². The molecule has 41 heavy (non-hydrogen) atoms. The zero-order chi connectivity index (χ0) is 28.4. The Hall–Kier alpha value is -3.48. The van der Waals surface area contributed by atoms with Crippen molar-refractivity contribution < 1.29 is 45.5 Å². The number of hydrogen-bond acceptors (Lipinski definition) is 16. The minimum atomic E-state index is -3.23. The van der Waals surface area contributed by atoms with Crippen molar-refractivity contribution in [3.63, 3.8) is 0 Å². The van der Waals surface area contributed by atoms with Crippen LogP contribution in [-0.2, 0) is 36.7 Å². The number of nitrogens with zero attached hydrogens (tertiary/aromatic N) is 8. The summed E-state index contributed by atoms with van der Waals surface area (Å²) in [6, 6.07) is 0. The highest BCUT2D eigenvalue weighted by Crippen LogP contribution is 2.48. The van der Waals surface area contributed by atoms with Crippen LogP contribution in [0.4, 0.5) is 20.4 Å². The predicted octanol–water partition coefficient (Wildman–Crippen LogP) is 1.39. The third-order valence-corrected chi connectivity index (χ3v) is 8.24. The van der Waals surface area contributed by atoms with Gasteiger partial charge in [-0.2, -0.15) is 0 Å². The number of aromatic nitrogens is 8. The second-order valence-corrected chi connectivity index (χ2v) is 10.8. The second kappa shape index (κ2) is 10.1. The number of halogens is 2. The Bertz CT molecular complexity index is 1680. The van der Waals surface area contributed by atoms with Crippen LogP contribution in [0.2, 0.25) is 0 Å². The highest BCUT2D eigenvalue weighted by Gasteiger charge is 2.59. The van der Waals surface area contributed by atoms with Gasteiger partial charge in [-0.25, -0.2) is 38.7 Å². The van der Waals surface area contributed by atoms with Gasteiger partial charge < -0.3 is 20.9 Å². The first kappa shape index (κ1) is 26.4. The highest BCUT2D eigenvalue weighted by atomic mass is 31.1. The van der Waals surface area contributed by atoms with Gasteiger partial charge in [-0.3, -0.25) is 9.13 Å². The normalized spacial score (nSPS) is 34.5. The zero-order valence-electron chi connectivity index (χ0n) is 20.3. The lowest BCUT2D eigenvalue weighted by molar-refractivity contribution is -0.120. The van der Waals surface area contributed by atoms with E-state index >= 15 is 8.78 Å². The van der Waals surface area contributed by atoms with Crippen LogP contribution in [0.3, 0.4) is 0 Å². The smallest absolute Gasteiger partial charge is 0.382 e. The van der Waals surface area contributed by atoms with Crippen molar-refractivity contribution in [3.8, 4) is 0 Å².